The molecule has 8 nitrogen and oxygen atoms in total. The number of nitrogens with zero attached hydrogens (tertiary/aromatic N) is 2. The van der Waals surface area contributed by atoms with Crippen molar-refractivity contribution in [3.8, 4) is 0 Å². The first-order valence-corrected chi connectivity index (χ1v) is 9.84. The highest BCUT2D eigenvalue weighted by Gasteiger charge is 2.30. The van der Waals surface area contributed by atoms with Crippen molar-refractivity contribution in [1.29, 1.82) is 0 Å². The molecule has 1 fully saturated rings. The number of urea groups is 1. The zero-order valence-corrected chi connectivity index (χ0v) is 15.4. The minimum Gasteiger partial charge on any atom is -0.351 e. The normalized spacial score (nSPS) is 16.9. The van der Waals surface area contributed by atoms with Crippen LogP contribution in [0.4, 0.5) is 4.79 Å². The first-order valence-electron chi connectivity index (χ1n) is 7.59. The van der Waals surface area contributed by atoms with Gasteiger partial charge in [0.2, 0.25) is 15.9 Å². The van der Waals surface area contributed by atoms with Crippen LogP contribution in [-0.2, 0) is 14.8 Å². The maximum atomic E-state index is 12.7. The molecule has 0 atom stereocenters. The molecule has 3 N–H and O–H groups in total. The van der Waals surface area contributed by atoms with E-state index in [0.717, 1.165) is 9.75 Å². The van der Waals surface area contributed by atoms with Gasteiger partial charge in [-0.25, -0.2) is 13.2 Å². The molecule has 1 saturated heterocycles. The molecule has 0 aromatic carbocycles. The molecule has 2 rings (SSSR count). The Morgan fingerprint density at radius 1 is 1.25 bits per heavy atom. The molecule has 0 aliphatic carbocycles. The number of carbonyl (C=O) groups is 2. The van der Waals surface area contributed by atoms with Gasteiger partial charge in [-0.2, -0.15) is 4.31 Å². The van der Waals surface area contributed by atoms with Gasteiger partial charge in [0.05, 0.1) is 4.90 Å². The van der Waals surface area contributed by atoms with E-state index in [1.807, 2.05) is 24.1 Å². The third-order valence-electron chi connectivity index (χ3n) is 3.86. The number of primary amides is 1. The zero-order chi connectivity index (χ0) is 17.9. The lowest BCUT2D eigenvalue weighted by Gasteiger charge is -2.33. The second-order valence-corrected chi connectivity index (χ2v) is 9.05. The van der Waals surface area contributed by atoms with Crippen LogP contribution in [0.25, 0.3) is 0 Å². The summed E-state index contributed by atoms with van der Waals surface area (Å²) in [5, 5.41) is 2.01. The van der Waals surface area contributed by atoms with Crippen molar-refractivity contribution in [3.63, 3.8) is 0 Å². The Balaban J connectivity index is 1.89. The van der Waals surface area contributed by atoms with Crippen LogP contribution in [0.3, 0.4) is 0 Å². The minimum absolute atomic E-state index is 0.151. The quantitative estimate of drug-likeness (QED) is 0.767. The number of thiophene rings is 1. The van der Waals surface area contributed by atoms with Crippen LogP contribution in [0.1, 0.15) is 16.2 Å². The van der Waals surface area contributed by atoms with Crippen LogP contribution < -0.4 is 11.1 Å². The number of hydrogen-bond acceptors (Lipinski definition) is 6. The Hall–Kier alpha value is -1.49. The number of hydrogen-bond donors (Lipinski definition) is 2. The smallest absolute Gasteiger partial charge is 0.318 e. The fraction of sp³-hybridized carbons (Fsp3) is 0.571. The number of imide groups is 1. The summed E-state index contributed by atoms with van der Waals surface area (Å²) in [5.41, 5.74) is 4.88. The van der Waals surface area contributed by atoms with Crippen molar-refractivity contribution in [3.05, 3.63) is 15.8 Å². The number of rotatable bonds is 5. The lowest BCUT2D eigenvalue weighted by molar-refractivity contribution is -0.120. The van der Waals surface area contributed by atoms with Gasteiger partial charge in [0.1, 0.15) is 0 Å². The van der Waals surface area contributed by atoms with Crippen LogP contribution in [-0.4, -0.2) is 62.3 Å². The molecule has 0 unspecified atom stereocenters. The van der Waals surface area contributed by atoms with Crippen molar-refractivity contribution >= 4 is 33.3 Å². The highest BCUT2D eigenvalue weighted by molar-refractivity contribution is 7.89. The van der Waals surface area contributed by atoms with Gasteiger partial charge in [0, 0.05) is 48.9 Å². The summed E-state index contributed by atoms with van der Waals surface area (Å²) in [6, 6.07) is 0.855. The van der Waals surface area contributed by atoms with Crippen LogP contribution in [0, 0.1) is 13.8 Å². The third-order valence-corrected chi connectivity index (χ3v) is 6.98. The largest absolute Gasteiger partial charge is 0.351 e. The van der Waals surface area contributed by atoms with E-state index in [0.29, 0.717) is 37.6 Å². The van der Waals surface area contributed by atoms with Crippen molar-refractivity contribution in [2.24, 2.45) is 5.73 Å². The average Bonchev–Trinajstić information content (AvgIpc) is 2.84. The standard InChI is InChI=1S/C14H22N4O4S2/c1-10-9-12(11(2)23-10)24(21,22)18-7-5-17(6-8-18)4-3-13(19)16-14(15)20/h9H,3-8H2,1-2H3,(H3,15,16,19,20). The van der Waals surface area contributed by atoms with Gasteiger partial charge >= 0.3 is 6.03 Å². The monoisotopic (exact) mass is 374 g/mol. The Bertz CT molecular complexity index is 721. The van der Waals surface area contributed by atoms with E-state index < -0.39 is 22.0 Å². The van der Waals surface area contributed by atoms with E-state index in [2.05, 4.69) is 0 Å². The van der Waals surface area contributed by atoms with Gasteiger partial charge in [-0.1, -0.05) is 0 Å². The molecule has 2 heterocycles. The number of amides is 3. The van der Waals surface area contributed by atoms with E-state index in [1.54, 1.807) is 6.07 Å². The fourth-order valence-electron chi connectivity index (χ4n) is 2.66. The highest BCUT2D eigenvalue weighted by atomic mass is 32.2. The summed E-state index contributed by atoms with van der Waals surface area (Å²) in [6.07, 6.45) is 0.151. The molecule has 0 radical (unpaired) electrons. The lowest BCUT2D eigenvalue weighted by Crippen LogP contribution is -2.49. The molecule has 0 spiro atoms. The summed E-state index contributed by atoms with van der Waals surface area (Å²) in [7, 11) is -3.47. The van der Waals surface area contributed by atoms with Crippen molar-refractivity contribution in [2.45, 2.75) is 25.2 Å². The number of piperazine rings is 1. The lowest BCUT2D eigenvalue weighted by atomic mass is 10.3. The highest BCUT2D eigenvalue weighted by Crippen LogP contribution is 2.28. The van der Waals surface area contributed by atoms with Gasteiger partial charge < -0.3 is 10.6 Å². The summed E-state index contributed by atoms with van der Waals surface area (Å²) >= 11 is 1.48. The van der Waals surface area contributed by atoms with Gasteiger partial charge in [-0.15, -0.1) is 11.3 Å². The first kappa shape index (κ1) is 18.8. The van der Waals surface area contributed by atoms with Crippen molar-refractivity contribution in [1.82, 2.24) is 14.5 Å². The van der Waals surface area contributed by atoms with Crippen LogP contribution in [0.2, 0.25) is 0 Å². The number of carbonyl (C=O) groups excluding carboxylic acids is 2. The second kappa shape index (κ2) is 7.60. The Kier molecular flexibility index (Phi) is 5.97. The molecule has 1 aliphatic rings. The molecule has 24 heavy (non-hydrogen) atoms. The summed E-state index contributed by atoms with van der Waals surface area (Å²) in [5.74, 6) is -0.429. The number of sulfonamides is 1. The zero-order valence-electron chi connectivity index (χ0n) is 13.7. The van der Waals surface area contributed by atoms with E-state index in [9.17, 15) is 18.0 Å². The molecule has 134 valence electrons. The van der Waals surface area contributed by atoms with Crippen LogP contribution in [0.15, 0.2) is 11.0 Å². The fourth-order valence-corrected chi connectivity index (χ4v) is 5.60. The van der Waals surface area contributed by atoms with Crippen LogP contribution >= 0.6 is 11.3 Å². The van der Waals surface area contributed by atoms with Gasteiger partial charge in [-0.05, 0) is 19.9 Å². The van der Waals surface area contributed by atoms with Crippen molar-refractivity contribution < 1.29 is 18.0 Å². The Morgan fingerprint density at radius 3 is 2.38 bits per heavy atom. The SMILES string of the molecule is Cc1cc(S(=O)(=O)N2CCN(CCC(=O)NC(N)=O)CC2)c(C)s1. The number of nitrogens with two attached hydrogens (primary N) is 1. The molecule has 1 aliphatic heterocycles. The molecule has 0 saturated carbocycles. The predicted octanol–water partition coefficient (Wildman–Crippen LogP) is 0.256. The third kappa shape index (κ3) is 4.53. The van der Waals surface area contributed by atoms with E-state index in [-0.39, 0.29) is 6.42 Å². The van der Waals surface area contributed by atoms with E-state index in [4.69, 9.17) is 5.73 Å². The molecular weight excluding hydrogens is 352 g/mol. The molecule has 10 heteroatoms. The summed E-state index contributed by atoms with van der Waals surface area (Å²) in [6.45, 7) is 6.03. The summed E-state index contributed by atoms with van der Waals surface area (Å²) in [4.78, 5) is 26.2. The molecular formula is C14H22N4O4S2. The minimum atomic E-state index is -3.47. The van der Waals surface area contributed by atoms with Gasteiger partial charge in [0.15, 0.2) is 0 Å². The number of nitrogens with one attached hydrogen (secondary N) is 1. The van der Waals surface area contributed by atoms with Gasteiger partial charge in [0.25, 0.3) is 0 Å². The Labute approximate surface area is 145 Å². The topological polar surface area (TPSA) is 113 Å². The van der Waals surface area contributed by atoms with E-state index >= 15 is 0 Å². The second-order valence-electron chi connectivity index (χ2n) is 5.69. The van der Waals surface area contributed by atoms with Crippen LogP contribution in [0.5, 0.6) is 0 Å². The molecule has 0 bridgehead atoms. The maximum Gasteiger partial charge on any atom is 0.318 e. The predicted molar refractivity (Wildman–Crippen MR) is 91.3 cm³/mol. The number of aryl methyl sites for hydroxylation is 2. The Morgan fingerprint density at radius 2 is 1.88 bits per heavy atom. The molecule has 1 aromatic rings. The van der Waals surface area contributed by atoms with Crippen molar-refractivity contribution in [2.75, 3.05) is 32.7 Å². The maximum absolute atomic E-state index is 12.7. The summed E-state index contributed by atoms with van der Waals surface area (Å²) < 4.78 is 26.9. The molecule has 1 aromatic heterocycles. The first-order chi connectivity index (χ1) is 11.2. The average molecular weight is 374 g/mol. The van der Waals surface area contributed by atoms with Gasteiger partial charge in [-0.3, -0.25) is 10.1 Å². The molecule has 3 amide bonds. The van der Waals surface area contributed by atoms with E-state index in [1.165, 1.54) is 15.6 Å².